The van der Waals surface area contributed by atoms with Gasteiger partial charge in [0.15, 0.2) is 5.69 Å². The topological polar surface area (TPSA) is 106 Å². The molecular formula is C8H8F3N5O3. The van der Waals surface area contributed by atoms with Crippen LogP contribution in [0.1, 0.15) is 17.4 Å². The number of ketones is 1. The first-order valence-electron chi connectivity index (χ1n) is 4.77. The molecule has 0 unspecified atom stereocenters. The number of hydrazine groups is 1. The second-order valence-corrected chi connectivity index (χ2v) is 3.36. The first-order valence-corrected chi connectivity index (χ1v) is 4.77. The molecule has 8 nitrogen and oxygen atoms in total. The Hall–Kier alpha value is -2.46. The zero-order valence-corrected chi connectivity index (χ0v) is 9.48. The molecule has 2 N–H and O–H groups in total. The maximum atomic E-state index is 12.1. The first-order chi connectivity index (χ1) is 8.70. The van der Waals surface area contributed by atoms with Crippen molar-refractivity contribution < 1.29 is 27.6 Å². The average molecular weight is 279 g/mol. The predicted octanol–water partition coefficient (Wildman–Crippen LogP) is -0.810. The van der Waals surface area contributed by atoms with Crippen LogP contribution in [0, 0.1) is 0 Å². The Morgan fingerprint density at radius 1 is 1.32 bits per heavy atom. The number of aromatic nitrogens is 3. The highest BCUT2D eigenvalue weighted by Crippen LogP contribution is 2.19. The molecule has 0 saturated heterocycles. The summed E-state index contributed by atoms with van der Waals surface area (Å²) in [6.07, 6.45) is -4.37. The third-order valence-electron chi connectivity index (χ3n) is 1.71. The van der Waals surface area contributed by atoms with Crippen LogP contribution in [-0.2, 0) is 16.1 Å². The van der Waals surface area contributed by atoms with Crippen LogP contribution in [0.4, 0.5) is 13.2 Å². The van der Waals surface area contributed by atoms with E-state index in [1.807, 2.05) is 10.9 Å². The van der Waals surface area contributed by atoms with E-state index < -0.39 is 36.0 Å². The standard InChI is InChI=1S/C8H8F3N5O3/c1-4(17)12-14-6(18)3-16-2-5(13-15-16)7(19)8(9,10)11/h2H,3H2,1H3,(H,12,17)(H,14,18). The Balaban J connectivity index is 2.63. The molecule has 0 aliphatic heterocycles. The van der Waals surface area contributed by atoms with E-state index in [-0.39, 0.29) is 0 Å². The van der Waals surface area contributed by atoms with Crippen LogP contribution in [0.2, 0.25) is 0 Å². The molecule has 0 atom stereocenters. The molecule has 0 saturated carbocycles. The van der Waals surface area contributed by atoms with E-state index in [2.05, 4.69) is 10.3 Å². The molecule has 0 aliphatic carbocycles. The van der Waals surface area contributed by atoms with Crippen molar-refractivity contribution in [2.75, 3.05) is 0 Å². The molecule has 0 aromatic carbocycles. The highest BCUT2D eigenvalue weighted by atomic mass is 19.4. The van der Waals surface area contributed by atoms with Crippen LogP contribution in [-0.4, -0.2) is 38.8 Å². The van der Waals surface area contributed by atoms with Gasteiger partial charge in [0.1, 0.15) is 6.54 Å². The molecule has 1 aromatic rings. The third kappa shape index (κ3) is 4.37. The number of carbonyl (C=O) groups excluding carboxylic acids is 3. The Labute approximate surface area is 103 Å². The molecule has 2 amide bonds. The van der Waals surface area contributed by atoms with Crippen LogP contribution in [0.15, 0.2) is 6.20 Å². The number of amides is 2. The summed E-state index contributed by atoms with van der Waals surface area (Å²) < 4.78 is 36.9. The SMILES string of the molecule is CC(=O)NNC(=O)Cn1cc(C(=O)C(F)(F)F)nn1. The first kappa shape index (κ1) is 14.6. The second-order valence-electron chi connectivity index (χ2n) is 3.36. The van der Waals surface area contributed by atoms with Gasteiger partial charge in [-0.2, -0.15) is 13.2 Å². The lowest BCUT2D eigenvalue weighted by Crippen LogP contribution is -2.42. The van der Waals surface area contributed by atoms with Crippen LogP contribution in [0.5, 0.6) is 0 Å². The monoisotopic (exact) mass is 279 g/mol. The lowest BCUT2D eigenvalue weighted by molar-refractivity contribution is -0.128. The summed E-state index contributed by atoms with van der Waals surface area (Å²) in [7, 11) is 0. The summed E-state index contributed by atoms with van der Waals surface area (Å²) >= 11 is 0. The maximum absolute atomic E-state index is 12.1. The van der Waals surface area contributed by atoms with Gasteiger partial charge in [-0.1, -0.05) is 5.21 Å². The quantitative estimate of drug-likeness (QED) is 0.556. The second kappa shape index (κ2) is 5.46. The number of rotatable bonds is 3. The van der Waals surface area contributed by atoms with Gasteiger partial charge in [0.05, 0.1) is 6.20 Å². The molecule has 0 fully saturated rings. The molecule has 19 heavy (non-hydrogen) atoms. The summed E-state index contributed by atoms with van der Waals surface area (Å²) in [6.45, 7) is 0.647. The molecule has 0 radical (unpaired) electrons. The van der Waals surface area contributed by atoms with Gasteiger partial charge in [-0.05, 0) is 0 Å². The van der Waals surface area contributed by atoms with E-state index in [4.69, 9.17) is 0 Å². The van der Waals surface area contributed by atoms with Gasteiger partial charge in [0.25, 0.3) is 11.7 Å². The lowest BCUT2D eigenvalue weighted by atomic mass is 10.3. The van der Waals surface area contributed by atoms with Gasteiger partial charge in [0.2, 0.25) is 5.91 Å². The number of nitrogens with zero attached hydrogens (tertiary/aromatic N) is 3. The van der Waals surface area contributed by atoms with Gasteiger partial charge < -0.3 is 0 Å². The summed E-state index contributed by atoms with van der Waals surface area (Å²) in [6, 6.07) is 0. The van der Waals surface area contributed by atoms with Crippen molar-refractivity contribution in [3.05, 3.63) is 11.9 Å². The van der Waals surface area contributed by atoms with Gasteiger partial charge in [0, 0.05) is 6.92 Å². The summed E-state index contributed by atoms with van der Waals surface area (Å²) in [5, 5.41) is 6.20. The van der Waals surface area contributed by atoms with Crippen molar-refractivity contribution in [3.63, 3.8) is 0 Å². The van der Waals surface area contributed by atoms with Crippen molar-refractivity contribution in [2.45, 2.75) is 19.6 Å². The number of hydrogen-bond acceptors (Lipinski definition) is 5. The van der Waals surface area contributed by atoms with Crippen LogP contribution < -0.4 is 10.9 Å². The fourth-order valence-electron chi connectivity index (χ4n) is 0.969. The number of halogens is 3. The van der Waals surface area contributed by atoms with E-state index >= 15 is 0 Å². The molecule has 0 spiro atoms. The lowest BCUT2D eigenvalue weighted by Gasteiger charge is -2.04. The molecule has 11 heteroatoms. The average Bonchev–Trinajstić information content (AvgIpc) is 2.72. The Morgan fingerprint density at radius 2 is 1.95 bits per heavy atom. The fourth-order valence-corrected chi connectivity index (χ4v) is 0.969. The third-order valence-corrected chi connectivity index (χ3v) is 1.71. The molecule has 1 rings (SSSR count). The Morgan fingerprint density at radius 3 is 2.47 bits per heavy atom. The van der Waals surface area contributed by atoms with Crippen LogP contribution in [0.3, 0.4) is 0 Å². The van der Waals surface area contributed by atoms with E-state index in [9.17, 15) is 27.6 Å². The molecule has 1 heterocycles. The van der Waals surface area contributed by atoms with E-state index in [1.54, 1.807) is 0 Å². The highest BCUT2D eigenvalue weighted by Gasteiger charge is 2.41. The minimum absolute atomic E-state index is 0.502. The van der Waals surface area contributed by atoms with Gasteiger partial charge in [-0.15, -0.1) is 5.10 Å². The number of hydrogen-bond donors (Lipinski definition) is 2. The van der Waals surface area contributed by atoms with Gasteiger partial charge >= 0.3 is 6.18 Å². The van der Waals surface area contributed by atoms with Gasteiger partial charge in [-0.25, -0.2) is 4.68 Å². The smallest absolute Gasteiger partial charge is 0.282 e. The minimum atomic E-state index is -5.06. The zero-order valence-electron chi connectivity index (χ0n) is 9.48. The Bertz CT molecular complexity index is 510. The summed E-state index contributed by atoms with van der Waals surface area (Å²) in [5.74, 6) is -3.42. The minimum Gasteiger partial charge on any atom is -0.282 e. The van der Waals surface area contributed by atoms with Crippen LogP contribution >= 0.6 is 0 Å². The number of carbonyl (C=O) groups is 3. The fraction of sp³-hybridized carbons (Fsp3) is 0.375. The van der Waals surface area contributed by atoms with Crippen molar-refractivity contribution in [3.8, 4) is 0 Å². The molecular weight excluding hydrogens is 271 g/mol. The molecule has 0 bridgehead atoms. The van der Waals surface area contributed by atoms with E-state index in [1.165, 1.54) is 0 Å². The molecule has 104 valence electrons. The van der Waals surface area contributed by atoms with Crippen molar-refractivity contribution in [1.82, 2.24) is 25.8 Å². The number of alkyl halides is 3. The highest BCUT2D eigenvalue weighted by molar-refractivity contribution is 5.98. The Kier molecular flexibility index (Phi) is 4.19. The largest absolute Gasteiger partial charge is 0.456 e. The normalized spacial score (nSPS) is 10.9. The van der Waals surface area contributed by atoms with Crippen LogP contribution in [0.25, 0.3) is 0 Å². The van der Waals surface area contributed by atoms with E-state index in [0.717, 1.165) is 11.6 Å². The maximum Gasteiger partial charge on any atom is 0.456 e. The predicted molar refractivity (Wildman–Crippen MR) is 52.4 cm³/mol. The van der Waals surface area contributed by atoms with Crippen molar-refractivity contribution >= 4 is 17.6 Å². The number of nitrogens with one attached hydrogen (secondary N) is 2. The summed E-state index contributed by atoms with van der Waals surface area (Å²) in [4.78, 5) is 32.4. The van der Waals surface area contributed by atoms with Crippen molar-refractivity contribution in [1.29, 1.82) is 0 Å². The summed E-state index contributed by atoms with van der Waals surface area (Å²) in [5.41, 5.74) is 3.02. The van der Waals surface area contributed by atoms with Gasteiger partial charge in [-0.3, -0.25) is 25.2 Å². The number of Topliss-reactive ketones (excluding diaryl/α,β-unsaturated/α-hetero) is 1. The molecule has 0 aliphatic rings. The molecule has 1 aromatic heterocycles. The zero-order chi connectivity index (χ0) is 14.6. The van der Waals surface area contributed by atoms with Crippen molar-refractivity contribution in [2.24, 2.45) is 0 Å². The van der Waals surface area contributed by atoms with E-state index in [0.29, 0.717) is 6.20 Å².